The molecule has 1 N–H and O–H groups in total. The average Bonchev–Trinajstić information content (AvgIpc) is 2.75. The summed E-state index contributed by atoms with van der Waals surface area (Å²) in [6, 6.07) is 10.9. The molecule has 0 fully saturated rings. The molecule has 7 heteroatoms. The largest absolute Gasteiger partial charge is 0.493 e. The highest BCUT2D eigenvalue weighted by Crippen LogP contribution is 2.27. The first kappa shape index (κ1) is 22.9. The van der Waals surface area contributed by atoms with Crippen LogP contribution in [0.15, 0.2) is 36.4 Å². The average molecular weight is 413 g/mol. The van der Waals surface area contributed by atoms with Crippen molar-refractivity contribution in [2.24, 2.45) is 0 Å². The van der Waals surface area contributed by atoms with Crippen molar-refractivity contribution in [1.82, 2.24) is 5.32 Å². The summed E-state index contributed by atoms with van der Waals surface area (Å²) in [6.45, 7) is 3.62. The molecule has 0 saturated heterocycles. The Morgan fingerprint density at radius 3 is 2.33 bits per heavy atom. The summed E-state index contributed by atoms with van der Waals surface area (Å²) in [6.07, 6.45) is -0.0361. The molecule has 0 saturated carbocycles. The number of carbonyl (C=O) groups is 3. The van der Waals surface area contributed by atoms with E-state index in [0.29, 0.717) is 17.1 Å². The zero-order valence-electron chi connectivity index (χ0n) is 17.7. The smallest absolute Gasteiger partial charge is 0.306 e. The Kier molecular flexibility index (Phi) is 8.41. The number of benzene rings is 2. The number of esters is 1. The molecule has 0 bridgehead atoms. The van der Waals surface area contributed by atoms with Gasteiger partial charge in [-0.05, 0) is 43.2 Å². The first-order chi connectivity index (χ1) is 14.3. The second-order valence-electron chi connectivity index (χ2n) is 6.87. The fraction of sp³-hybridized carbons (Fsp3) is 0.348. The molecular formula is C23H27NO6. The quantitative estimate of drug-likeness (QED) is 0.475. The standard InChI is InChI=1S/C23H27NO6/c1-15-5-6-16(2)18(11-15)19(25)8-10-23(27)30-14-22(26)24-13-17-7-9-20(28-3)21(12-17)29-4/h5-7,9,11-12H,8,10,13-14H2,1-4H3,(H,24,26). The number of amides is 1. The minimum Gasteiger partial charge on any atom is -0.493 e. The lowest BCUT2D eigenvalue weighted by molar-refractivity contribution is -0.148. The van der Waals surface area contributed by atoms with E-state index >= 15 is 0 Å². The zero-order chi connectivity index (χ0) is 22.1. The van der Waals surface area contributed by atoms with Gasteiger partial charge in [-0.1, -0.05) is 23.8 Å². The van der Waals surface area contributed by atoms with Gasteiger partial charge in [-0.25, -0.2) is 0 Å². The molecule has 160 valence electrons. The van der Waals surface area contributed by atoms with Crippen LogP contribution in [0.1, 0.15) is 39.9 Å². The molecule has 0 aliphatic carbocycles. The van der Waals surface area contributed by atoms with E-state index in [2.05, 4.69) is 5.32 Å². The van der Waals surface area contributed by atoms with E-state index in [1.54, 1.807) is 25.3 Å². The first-order valence-electron chi connectivity index (χ1n) is 9.57. The summed E-state index contributed by atoms with van der Waals surface area (Å²) in [5, 5.41) is 2.67. The van der Waals surface area contributed by atoms with Gasteiger partial charge in [-0.3, -0.25) is 14.4 Å². The molecule has 2 aromatic rings. The molecule has 1 amide bonds. The Morgan fingerprint density at radius 2 is 1.63 bits per heavy atom. The van der Waals surface area contributed by atoms with Crippen LogP contribution in [0.2, 0.25) is 0 Å². The summed E-state index contributed by atoms with van der Waals surface area (Å²) >= 11 is 0. The van der Waals surface area contributed by atoms with Crippen molar-refractivity contribution in [2.45, 2.75) is 33.2 Å². The van der Waals surface area contributed by atoms with Crippen molar-refractivity contribution in [2.75, 3.05) is 20.8 Å². The molecule has 0 atom stereocenters. The van der Waals surface area contributed by atoms with Crippen LogP contribution in [-0.2, 0) is 20.9 Å². The van der Waals surface area contributed by atoms with Crippen LogP contribution < -0.4 is 14.8 Å². The van der Waals surface area contributed by atoms with E-state index in [-0.39, 0.29) is 25.2 Å². The summed E-state index contributed by atoms with van der Waals surface area (Å²) in [5.41, 5.74) is 3.27. The lowest BCUT2D eigenvalue weighted by atomic mass is 9.99. The number of carbonyl (C=O) groups excluding carboxylic acids is 3. The predicted molar refractivity (Wildman–Crippen MR) is 112 cm³/mol. The fourth-order valence-corrected chi connectivity index (χ4v) is 2.85. The van der Waals surface area contributed by atoms with Gasteiger partial charge in [0.2, 0.25) is 0 Å². The molecular weight excluding hydrogens is 386 g/mol. The Hall–Kier alpha value is -3.35. The minimum absolute atomic E-state index is 0.0381. The van der Waals surface area contributed by atoms with Crippen molar-refractivity contribution in [1.29, 1.82) is 0 Å². The minimum atomic E-state index is -0.588. The SMILES string of the molecule is COc1ccc(CNC(=O)COC(=O)CCC(=O)c2cc(C)ccc2C)cc1OC. The van der Waals surface area contributed by atoms with Crippen molar-refractivity contribution in [3.63, 3.8) is 0 Å². The monoisotopic (exact) mass is 413 g/mol. The van der Waals surface area contributed by atoms with Crippen LogP contribution in [0.3, 0.4) is 0 Å². The normalized spacial score (nSPS) is 10.3. The Labute approximate surface area is 176 Å². The van der Waals surface area contributed by atoms with Gasteiger partial charge in [0.25, 0.3) is 5.91 Å². The highest BCUT2D eigenvalue weighted by molar-refractivity contribution is 5.99. The van der Waals surface area contributed by atoms with Crippen LogP contribution in [0.5, 0.6) is 11.5 Å². The highest BCUT2D eigenvalue weighted by atomic mass is 16.5. The molecule has 30 heavy (non-hydrogen) atoms. The Morgan fingerprint density at radius 1 is 0.900 bits per heavy atom. The molecule has 7 nitrogen and oxygen atoms in total. The molecule has 0 spiro atoms. The van der Waals surface area contributed by atoms with Crippen molar-refractivity contribution in [3.8, 4) is 11.5 Å². The Bertz CT molecular complexity index is 922. The lowest BCUT2D eigenvalue weighted by Crippen LogP contribution is -2.28. The number of rotatable bonds is 10. The van der Waals surface area contributed by atoms with Crippen LogP contribution >= 0.6 is 0 Å². The van der Waals surface area contributed by atoms with Crippen LogP contribution in [0, 0.1) is 13.8 Å². The molecule has 0 heterocycles. The predicted octanol–water partition coefficient (Wildman–Crippen LogP) is 3.14. The van der Waals surface area contributed by atoms with Crippen molar-refractivity contribution >= 4 is 17.7 Å². The maximum atomic E-state index is 12.3. The number of aryl methyl sites for hydroxylation is 2. The van der Waals surface area contributed by atoms with Crippen LogP contribution in [0.25, 0.3) is 0 Å². The number of nitrogens with one attached hydrogen (secondary N) is 1. The van der Waals surface area contributed by atoms with Crippen LogP contribution in [0.4, 0.5) is 0 Å². The second kappa shape index (κ2) is 11.0. The molecule has 2 rings (SSSR count). The molecule has 0 unspecified atom stereocenters. The molecule has 2 aromatic carbocycles. The van der Waals surface area contributed by atoms with Gasteiger partial charge in [0.15, 0.2) is 23.9 Å². The van der Waals surface area contributed by atoms with E-state index < -0.39 is 18.5 Å². The number of ketones is 1. The lowest BCUT2D eigenvalue weighted by Gasteiger charge is -2.10. The summed E-state index contributed by atoms with van der Waals surface area (Å²) in [4.78, 5) is 36.1. The maximum Gasteiger partial charge on any atom is 0.306 e. The molecule has 0 aromatic heterocycles. The maximum absolute atomic E-state index is 12.3. The van der Waals surface area contributed by atoms with E-state index in [0.717, 1.165) is 16.7 Å². The summed E-state index contributed by atoms with van der Waals surface area (Å²) < 4.78 is 15.4. The topological polar surface area (TPSA) is 90.9 Å². The van der Waals surface area contributed by atoms with Gasteiger partial charge in [-0.15, -0.1) is 0 Å². The van der Waals surface area contributed by atoms with Gasteiger partial charge in [-0.2, -0.15) is 0 Å². The summed E-state index contributed by atoms with van der Waals surface area (Å²) in [7, 11) is 3.08. The van der Waals surface area contributed by atoms with Gasteiger partial charge in [0.1, 0.15) is 0 Å². The van der Waals surface area contributed by atoms with Gasteiger partial charge in [0, 0.05) is 18.5 Å². The van der Waals surface area contributed by atoms with Gasteiger partial charge < -0.3 is 19.5 Å². The number of methoxy groups -OCH3 is 2. The number of Topliss-reactive ketones (excluding diaryl/α,β-unsaturated/α-hetero) is 1. The van der Waals surface area contributed by atoms with Gasteiger partial charge >= 0.3 is 5.97 Å². The van der Waals surface area contributed by atoms with E-state index in [1.807, 2.05) is 32.0 Å². The third-order valence-electron chi connectivity index (χ3n) is 4.55. The second-order valence-corrected chi connectivity index (χ2v) is 6.87. The number of hydrogen-bond donors (Lipinski definition) is 1. The zero-order valence-corrected chi connectivity index (χ0v) is 17.7. The van der Waals surface area contributed by atoms with Crippen LogP contribution in [-0.4, -0.2) is 38.5 Å². The van der Waals surface area contributed by atoms with E-state index in [9.17, 15) is 14.4 Å². The van der Waals surface area contributed by atoms with Crippen molar-refractivity contribution in [3.05, 3.63) is 58.7 Å². The Balaban J connectivity index is 1.75. The molecule has 0 radical (unpaired) electrons. The fourth-order valence-electron chi connectivity index (χ4n) is 2.85. The third-order valence-corrected chi connectivity index (χ3v) is 4.55. The summed E-state index contributed by atoms with van der Waals surface area (Å²) in [5.74, 6) is 0.0149. The number of hydrogen-bond acceptors (Lipinski definition) is 6. The highest BCUT2D eigenvalue weighted by Gasteiger charge is 2.14. The van der Waals surface area contributed by atoms with Gasteiger partial charge in [0.05, 0.1) is 20.6 Å². The van der Waals surface area contributed by atoms with E-state index in [4.69, 9.17) is 14.2 Å². The first-order valence-corrected chi connectivity index (χ1v) is 9.57. The number of ether oxygens (including phenoxy) is 3. The van der Waals surface area contributed by atoms with Crippen molar-refractivity contribution < 1.29 is 28.6 Å². The molecule has 0 aliphatic rings. The van der Waals surface area contributed by atoms with E-state index in [1.165, 1.54) is 7.11 Å². The molecule has 0 aliphatic heterocycles. The third kappa shape index (κ3) is 6.62.